The van der Waals surface area contributed by atoms with Crippen LogP contribution in [0.3, 0.4) is 0 Å². The first-order valence-electron chi connectivity index (χ1n) is 10.9. The van der Waals surface area contributed by atoms with Crippen molar-refractivity contribution >= 4 is 45.4 Å². The molecule has 172 valence electrons. The van der Waals surface area contributed by atoms with Crippen LogP contribution < -0.4 is 4.57 Å². The van der Waals surface area contributed by atoms with Crippen LogP contribution in [-0.2, 0) is 22.6 Å². The molecular weight excluding hydrogens is 458 g/mol. The maximum atomic E-state index is 12.6. The van der Waals surface area contributed by atoms with E-state index in [-0.39, 0.29) is 23.6 Å². The minimum atomic E-state index is -1.10. The summed E-state index contributed by atoms with van der Waals surface area (Å²) in [4.78, 5) is 28.1. The van der Waals surface area contributed by atoms with Crippen molar-refractivity contribution in [2.45, 2.75) is 44.0 Å². The van der Waals surface area contributed by atoms with E-state index in [2.05, 4.69) is 27.4 Å². The number of benzene rings is 1. The molecule has 7 nitrogen and oxygen atoms in total. The van der Waals surface area contributed by atoms with Crippen molar-refractivity contribution in [3.05, 3.63) is 59.0 Å². The van der Waals surface area contributed by atoms with E-state index >= 15 is 0 Å². The number of carboxylic acid groups (broad SMARTS) is 1. The lowest BCUT2D eigenvalue weighted by Crippen LogP contribution is -2.63. The van der Waals surface area contributed by atoms with E-state index in [1.807, 2.05) is 37.6 Å². The maximum absolute atomic E-state index is 12.6. The fraction of sp³-hybridized carbons (Fsp3) is 0.375. The van der Waals surface area contributed by atoms with E-state index < -0.39 is 18.0 Å². The number of carbonyl (C=O) groups is 2. The molecule has 2 aliphatic rings. The van der Waals surface area contributed by atoms with E-state index in [0.717, 1.165) is 27.7 Å². The van der Waals surface area contributed by atoms with Crippen molar-refractivity contribution in [2.75, 3.05) is 6.26 Å². The molecule has 0 radical (unpaired) electrons. The van der Waals surface area contributed by atoms with Crippen LogP contribution >= 0.6 is 23.1 Å². The number of carboxylic acids is 1. The third-order valence-corrected chi connectivity index (χ3v) is 8.81. The van der Waals surface area contributed by atoms with E-state index in [1.54, 1.807) is 30.0 Å². The van der Waals surface area contributed by atoms with Crippen LogP contribution in [-0.4, -0.2) is 49.8 Å². The highest BCUT2D eigenvalue weighted by Crippen LogP contribution is 2.51. The second-order valence-electron chi connectivity index (χ2n) is 8.68. The molecule has 1 amide bonds. The first-order valence-corrected chi connectivity index (χ1v) is 13.0. The van der Waals surface area contributed by atoms with Crippen molar-refractivity contribution in [1.29, 1.82) is 0 Å². The fourth-order valence-electron chi connectivity index (χ4n) is 5.21. The van der Waals surface area contributed by atoms with Gasteiger partial charge in [0.25, 0.3) is 6.33 Å². The number of thiazole rings is 1. The number of fused-ring (bicyclic) bond motifs is 2. The van der Waals surface area contributed by atoms with Crippen LogP contribution in [0.15, 0.2) is 53.6 Å². The number of aliphatic hydroxyl groups is 1. The molecule has 3 aromatic rings. The van der Waals surface area contributed by atoms with Gasteiger partial charge < -0.3 is 15.1 Å². The van der Waals surface area contributed by atoms with Gasteiger partial charge in [-0.05, 0) is 18.7 Å². The van der Waals surface area contributed by atoms with Crippen LogP contribution in [0.1, 0.15) is 24.3 Å². The van der Waals surface area contributed by atoms with Crippen molar-refractivity contribution in [3.63, 3.8) is 0 Å². The Bertz CT molecular complexity index is 1280. The van der Waals surface area contributed by atoms with Gasteiger partial charge >= 0.3 is 5.97 Å². The van der Waals surface area contributed by atoms with Gasteiger partial charge in [0.1, 0.15) is 11.9 Å². The van der Waals surface area contributed by atoms with Gasteiger partial charge in [-0.15, -0.1) is 0 Å². The number of β-lactam (4-membered cyclic amide) rings is 1. The van der Waals surface area contributed by atoms with Crippen molar-refractivity contribution in [3.8, 4) is 0 Å². The molecule has 2 N–H and O–H groups in total. The SMILES string of the molecule is CSc1c2sc(C3=C(C(=O)O)N4C(=O)[C@H]([C@@H](C)O)[C@H]4[C@H]3C)cn2c[n+]1CCc1ccccc1. The fourth-order valence-corrected chi connectivity index (χ4v) is 7.41. The summed E-state index contributed by atoms with van der Waals surface area (Å²) >= 11 is 3.23. The van der Waals surface area contributed by atoms with Gasteiger partial charge in [0.05, 0.1) is 29.5 Å². The molecule has 1 aromatic carbocycles. The predicted molar refractivity (Wildman–Crippen MR) is 127 cm³/mol. The molecule has 4 heterocycles. The quantitative estimate of drug-likeness (QED) is 0.306. The highest BCUT2D eigenvalue weighted by atomic mass is 32.2. The maximum Gasteiger partial charge on any atom is 0.352 e. The third kappa shape index (κ3) is 3.41. The predicted octanol–water partition coefficient (Wildman–Crippen LogP) is 2.91. The number of amides is 1. The van der Waals surface area contributed by atoms with Gasteiger partial charge in [-0.25, -0.2) is 9.36 Å². The summed E-state index contributed by atoms with van der Waals surface area (Å²) in [6, 6.07) is 10.1. The van der Waals surface area contributed by atoms with Crippen molar-refractivity contribution < 1.29 is 24.4 Å². The lowest BCUT2D eigenvalue weighted by molar-refractivity contribution is -0.729. The summed E-state index contributed by atoms with van der Waals surface area (Å²) in [5, 5.41) is 21.2. The molecule has 5 rings (SSSR count). The summed E-state index contributed by atoms with van der Waals surface area (Å²) in [5.74, 6) is -2.13. The average Bonchev–Trinajstić information content (AvgIpc) is 3.39. The first-order chi connectivity index (χ1) is 15.8. The minimum Gasteiger partial charge on any atom is -0.477 e. The average molecular weight is 485 g/mol. The zero-order valence-corrected chi connectivity index (χ0v) is 20.3. The zero-order valence-electron chi connectivity index (χ0n) is 18.6. The van der Waals surface area contributed by atoms with Gasteiger partial charge in [-0.1, -0.05) is 60.4 Å². The Kier molecular flexibility index (Phi) is 5.58. The zero-order chi connectivity index (χ0) is 23.4. The lowest BCUT2D eigenvalue weighted by atomic mass is 9.77. The Morgan fingerprint density at radius 2 is 2.03 bits per heavy atom. The number of aliphatic carboxylic acids is 1. The molecule has 0 aliphatic carbocycles. The molecule has 2 aliphatic heterocycles. The molecule has 1 fully saturated rings. The van der Waals surface area contributed by atoms with E-state index in [0.29, 0.717) is 5.57 Å². The molecule has 2 aromatic heterocycles. The number of imidazole rings is 1. The van der Waals surface area contributed by atoms with Crippen LogP contribution in [0.4, 0.5) is 0 Å². The van der Waals surface area contributed by atoms with E-state index in [9.17, 15) is 19.8 Å². The monoisotopic (exact) mass is 484 g/mol. The van der Waals surface area contributed by atoms with Crippen molar-refractivity contribution in [1.82, 2.24) is 9.30 Å². The van der Waals surface area contributed by atoms with Gasteiger partial charge in [0.2, 0.25) is 15.8 Å². The molecule has 1 saturated heterocycles. The van der Waals surface area contributed by atoms with Gasteiger partial charge in [-0.3, -0.25) is 4.79 Å². The number of aromatic nitrogens is 2. The molecule has 33 heavy (non-hydrogen) atoms. The van der Waals surface area contributed by atoms with Crippen LogP contribution in [0, 0.1) is 11.8 Å². The van der Waals surface area contributed by atoms with Crippen LogP contribution in [0.25, 0.3) is 10.4 Å². The highest BCUT2D eigenvalue weighted by Gasteiger charge is 2.60. The summed E-state index contributed by atoms with van der Waals surface area (Å²) in [7, 11) is 0. The molecular formula is C24H26N3O4S2+. The minimum absolute atomic E-state index is 0.0570. The second-order valence-corrected chi connectivity index (χ2v) is 10.5. The summed E-state index contributed by atoms with van der Waals surface area (Å²) < 4.78 is 4.29. The van der Waals surface area contributed by atoms with Crippen LogP contribution in [0.2, 0.25) is 0 Å². The normalized spacial score (nSPS) is 23.2. The molecule has 0 unspecified atom stereocenters. The van der Waals surface area contributed by atoms with Gasteiger partial charge in [-0.2, -0.15) is 4.40 Å². The summed E-state index contributed by atoms with van der Waals surface area (Å²) in [6.45, 7) is 4.40. The second kappa shape index (κ2) is 8.30. The molecule has 0 bridgehead atoms. The Labute approximate surface area is 200 Å². The van der Waals surface area contributed by atoms with E-state index in [1.165, 1.54) is 10.5 Å². The number of thioether (sulfide) groups is 1. The first kappa shape index (κ1) is 22.2. The number of carbonyl (C=O) groups excluding carboxylic acids is 1. The molecule has 9 heteroatoms. The molecule has 0 spiro atoms. The molecule has 4 atom stereocenters. The Balaban J connectivity index is 1.51. The van der Waals surface area contributed by atoms with E-state index in [4.69, 9.17) is 0 Å². The van der Waals surface area contributed by atoms with Gasteiger partial charge in [0.15, 0.2) is 0 Å². The largest absolute Gasteiger partial charge is 0.477 e. The van der Waals surface area contributed by atoms with Gasteiger partial charge in [0, 0.05) is 17.9 Å². The molecule has 0 saturated carbocycles. The summed E-state index contributed by atoms with van der Waals surface area (Å²) in [6.07, 6.45) is 6.20. The third-order valence-electron chi connectivity index (χ3n) is 6.72. The van der Waals surface area contributed by atoms with Crippen LogP contribution in [0.5, 0.6) is 0 Å². The Morgan fingerprint density at radius 3 is 2.67 bits per heavy atom. The number of rotatable bonds is 7. The Hall–Kier alpha value is -2.62. The topological polar surface area (TPSA) is 86.1 Å². The number of aryl methyl sites for hydroxylation is 2. The number of aliphatic hydroxyl groups excluding tert-OH is 1. The number of nitrogens with zero attached hydrogens (tertiary/aromatic N) is 3. The lowest BCUT2D eigenvalue weighted by Gasteiger charge is -2.46. The Morgan fingerprint density at radius 1 is 1.30 bits per heavy atom. The smallest absolute Gasteiger partial charge is 0.352 e. The summed E-state index contributed by atoms with van der Waals surface area (Å²) in [5.41, 5.74) is 2.02. The van der Waals surface area contributed by atoms with Crippen molar-refractivity contribution in [2.24, 2.45) is 11.8 Å². The number of hydrogen-bond donors (Lipinski definition) is 2. The number of hydrogen-bond acceptors (Lipinski definition) is 5. The standard InChI is InChI=1S/C24H25N3O4S2/c1-13-17(20(24(30)31)27-19(13)18(14(2)28)21(27)29)16-11-26-12-25(22(32-3)23(26)33-16)10-9-15-7-5-4-6-8-15/h4-8,11-14,18-19,28H,9-10H2,1-3H3/p+1/t13-,14+,18+,19+/m0/s1. The highest BCUT2D eigenvalue weighted by molar-refractivity contribution is 7.98.